The number of nitrogens with one attached hydrogen (secondary N) is 1. The van der Waals surface area contributed by atoms with Crippen LogP contribution in [0.3, 0.4) is 0 Å². The molecule has 0 aliphatic rings. The lowest BCUT2D eigenvalue weighted by Gasteiger charge is -2.06. The molecule has 1 aromatic heterocycles. The van der Waals surface area contributed by atoms with E-state index in [-0.39, 0.29) is 5.91 Å². The van der Waals surface area contributed by atoms with Crippen molar-refractivity contribution >= 4 is 51.1 Å². The van der Waals surface area contributed by atoms with Gasteiger partial charge in [0, 0.05) is 22.1 Å². The van der Waals surface area contributed by atoms with Gasteiger partial charge in [-0.05, 0) is 24.6 Å². The number of thiophene rings is 1. The monoisotopic (exact) mass is 470 g/mol. The second-order valence-electron chi connectivity index (χ2n) is 7.48. The molecule has 0 bridgehead atoms. The highest BCUT2D eigenvalue weighted by atomic mass is 35.5. The van der Waals surface area contributed by atoms with Crippen molar-refractivity contribution in [3.63, 3.8) is 0 Å². The van der Waals surface area contributed by atoms with E-state index in [2.05, 4.69) is 17.5 Å². The molecule has 3 rings (SSSR count). The number of carbonyl (C=O) groups excluding carboxylic acids is 2. The summed E-state index contributed by atoms with van der Waals surface area (Å²) in [5.41, 5.74) is 3.12. The third-order valence-corrected chi connectivity index (χ3v) is 6.65. The smallest absolute Gasteiger partial charge is 0.355 e. The summed E-state index contributed by atoms with van der Waals surface area (Å²) in [5, 5.41) is 5.24. The highest BCUT2D eigenvalue weighted by Crippen LogP contribution is 2.35. The number of hydrazone groups is 1. The Morgan fingerprint density at radius 2 is 1.75 bits per heavy atom. The van der Waals surface area contributed by atoms with Crippen molar-refractivity contribution in [1.82, 2.24) is 5.43 Å². The van der Waals surface area contributed by atoms with Crippen LogP contribution in [0.25, 0.3) is 10.1 Å². The molecule has 0 aliphatic carbocycles. The molecule has 1 N–H and O–H groups in total. The van der Waals surface area contributed by atoms with Gasteiger partial charge < -0.3 is 4.74 Å². The second kappa shape index (κ2) is 12.4. The predicted octanol–water partition coefficient (Wildman–Crippen LogP) is 6.97. The number of hydrogen-bond acceptors (Lipinski definition) is 5. The molecule has 32 heavy (non-hydrogen) atoms. The average Bonchev–Trinajstić information content (AvgIpc) is 3.14. The van der Waals surface area contributed by atoms with E-state index in [0.29, 0.717) is 27.6 Å². The molecule has 1 amide bonds. The average molecular weight is 471 g/mol. The predicted molar refractivity (Wildman–Crippen MR) is 132 cm³/mol. The number of hydrogen-bond donors (Lipinski definition) is 1. The minimum absolute atomic E-state index is 0.122. The molecule has 0 saturated carbocycles. The highest BCUT2D eigenvalue weighted by molar-refractivity contribution is 7.21. The zero-order valence-corrected chi connectivity index (χ0v) is 19.7. The van der Waals surface area contributed by atoms with Crippen LogP contribution in [-0.4, -0.2) is 18.1 Å². The zero-order chi connectivity index (χ0) is 22.8. The fraction of sp³-hybridized carbons (Fsp3) is 0.320. The minimum atomic E-state index is -0.524. The van der Waals surface area contributed by atoms with E-state index in [1.54, 1.807) is 18.2 Å². The van der Waals surface area contributed by atoms with E-state index in [9.17, 15) is 9.59 Å². The molecule has 3 aromatic rings. The second-order valence-corrected chi connectivity index (χ2v) is 8.91. The zero-order valence-electron chi connectivity index (χ0n) is 18.1. The van der Waals surface area contributed by atoms with Gasteiger partial charge in [-0.3, -0.25) is 4.79 Å². The van der Waals surface area contributed by atoms with Crippen LogP contribution >= 0.6 is 22.9 Å². The van der Waals surface area contributed by atoms with Crippen molar-refractivity contribution in [2.45, 2.75) is 51.9 Å². The number of benzene rings is 2. The number of halogens is 1. The molecule has 0 aliphatic heterocycles. The van der Waals surface area contributed by atoms with Gasteiger partial charge in [0.2, 0.25) is 5.91 Å². The Kier molecular flexibility index (Phi) is 9.26. The molecular weight excluding hydrogens is 444 g/mol. The Labute approximate surface area is 197 Å². The van der Waals surface area contributed by atoms with Crippen LogP contribution < -0.4 is 10.2 Å². The summed E-state index contributed by atoms with van der Waals surface area (Å²) in [4.78, 5) is 25.1. The summed E-state index contributed by atoms with van der Waals surface area (Å²) in [7, 11) is 0. The molecule has 5 nitrogen and oxygen atoms in total. The number of esters is 1. The van der Waals surface area contributed by atoms with Gasteiger partial charge in [0.15, 0.2) is 0 Å². The number of unbranched alkanes of at least 4 members (excludes halogenated alkanes) is 5. The summed E-state index contributed by atoms with van der Waals surface area (Å²) in [6.45, 7) is 2.18. The maximum atomic E-state index is 12.7. The normalized spacial score (nSPS) is 11.2. The van der Waals surface area contributed by atoms with Gasteiger partial charge in [0.1, 0.15) is 10.6 Å². The standard InChI is InChI=1S/C25H27ClN2O3S/c1-2-3-4-5-6-7-16-22(29)28-27-17-18-12-8-10-14-20(18)31-25(30)24-23(26)19-13-9-11-15-21(19)32-24/h8-15,17H,2-7,16H2,1H3,(H,28,29)/b27-17+. The first-order valence-corrected chi connectivity index (χ1v) is 12.1. The van der Waals surface area contributed by atoms with E-state index in [1.807, 2.05) is 30.3 Å². The number of amides is 1. The van der Waals surface area contributed by atoms with Gasteiger partial charge in [-0.25, -0.2) is 10.2 Å². The summed E-state index contributed by atoms with van der Waals surface area (Å²) in [5.74, 6) is -0.299. The van der Waals surface area contributed by atoms with Crippen LogP contribution in [-0.2, 0) is 4.79 Å². The Morgan fingerprint density at radius 3 is 2.56 bits per heavy atom. The number of ether oxygens (including phenoxy) is 1. The van der Waals surface area contributed by atoms with E-state index < -0.39 is 5.97 Å². The summed E-state index contributed by atoms with van der Waals surface area (Å²) in [6.07, 6.45) is 8.67. The molecule has 0 unspecified atom stereocenters. The molecular formula is C25H27ClN2O3S. The maximum Gasteiger partial charge on any atom is 0.355 e. The van der Waals surface area contributed by atoms with Crippen LogP contribution in [0.2, 0.25) is 5.02 Å². The lowest BCUT2D eigenvalue weighted by Crippen LogP contribution is -2.17. The number of rotatable bonds is 11. The van der Waals surface area contributed by atoms with E-state index >= 15 is 0 Å². The van der Waals surface area contributed by atoms with E-state index in [1.165, 1.54) is 36.8 Å². The van der Waals surface area contributed by atoms with Crippen LogP contribution in [0, 0.1) is 0 Å². The third-order valence-electron chi connectivity index (χ3n) is 4.99. The first-order chi connectivity index (χ1) is 15.6. The van der Waals surface area contributed by atoms with Gasteiger partial charge in [-0.1, -0.05) is 81.0 Å². The Hall–Kier alpha value is -2.70. The topological polar surface area (TPSA) is 67.8 Å². The van der Waals surface area contributed by atoms with E-state index in [4.69, 9.17) is 16.3 Å². The maximum absolute atomic E-state index is 12.7. The SMILES string of the molecule is CCCCCCCCC(=O)N/N=C/c1ccccc1OC(=O)c1sc2ccccc2c1Cl. The third kappa shape index (κ3) is 6.65. The van der Waals surface area contributed by atoms with Crippen molar-refractivity contribution in [3.8, 4) is 5.75 Å². The van der Waals surface area contributed by atoms with Gasteiger partial charge in [0.05, 0.1) is 11.2 Å². The van der Waals surface area contributed by atoms with Gasteiger partial charge >= 0.3 is 5.97 Å². The quantitative estimate of drug-likeness (QED) is 0.108. The van der Waals surface area contributed by atoms with E-state index in [0.717, 1.165) is 29.3 Å². The summed E-state index contributed by atoms with van der Waals surface area (Å²) < 4.78 is 6.52. The Bertz CT molecular complexity index is 1090. The van der Waals surface area contributed by atoms with Crippen molar-refractivity contribution in [2.75, 3.05) is 0 Å². The molecule has 0 atom stereocenters. The Morgan fingerprint density at radius 1 is 1.03 bits per heavy atom. The number of para-hydroxylation sites is 1. The number of fused-ring (bicyclic) bond motifs is 1. The highest BCUT2D eigenvalue weighted by Gasteiger charge is 2.19. The lowest BCUT2D eigenvalue weighted by atomic mass is 10.1. The number of nitrogens with zero attached hydrogens (tertiary/aromatic N) is 1. The first kappa shape index (κ1) is 24.0. The van der Waals surface area contributed by atoms with Crippen LogP contribution in [0.1, 0.15) is 67.1 Å². The molecule has 0 saturated heterocycles. The summed E-state index contributed by atoms with van der Waals surface area (Å²) in [6, 6.07) is 14.6. The van der Waals surface area contributed by atoms with Gasteiger partial charge in [-0.2, -0.15) is 5.10 Å². The largest absolute Gasteiger partial charge is 0.422 e. The molecule has 1 heterocycles. The lowest BCUT2D eigenvalue weighted by molar-refractivity contribution is -0.121. The van der Waals surface area contributed by atoms with Crippen molar-refractivity contribution < 1.29 is 14.3 Å². The number of carbonyl (C=O) groups is 2. The summed E-state index contributed by atoms with van der Waals surface area (Å²) >= 11 is 7.68. The molecule has 2 aromatic carbocycles. The Balaban J connectivity index is 1.56. The van der Waals surface area contributed by atoms with Gasteiger partial charge in [0.25, 0.3) is 0 Å². The molecule has 0 fully saturated rings. The van der Waals surface area contributed by atoms with Crippen LogP contribution in [0.5, 0.6) is 5.75 Å². The van der Waals surface area contributed by atoms with Crippen LogP contribution in [0.4, 0.5) is 0 Å². The molecule has 0 spiro atoms. The minimum Gasteiger partial charge on any atom is -0.422 e. The molecule has 7 heteroatoms. The van der Waals surface area contributed by atoms with Gasteiger partial charge in [-0.15, -0.1) is 11.3 Å². The van der Waals surface area contributed by atoms with Crippen molar-refractivity contribution in [3.05, 3.63) is 64.0 Å². The fourth-order valence-electron chi connectivity index (χ4n) is 3.27. The molecule has 168 valence electrons. The first-order valence-electron chi connectivity index (χ1n) is 10.9. The van der Waals surface area contributed by atoms with Crippen molar-refractivity contribution in [2.24, 2.45) is 5.10 Å². The van der Waals surface area contributed by atoms with Crippen LogP contribution in [0.15, 0.2) is 53.6 Å². The fourth-order valence-corrected chi connectivity index (χ4v) is 4.65. The van der Waals surface area contributed by atoms with Crippen molar-refractivity contribution in [1.29, 1.82) is 0 Å². The molecule has 0 radical (unpaired) electrons.